The van der Waals surface area contributed by atoms with Crippen LogP contribution in [0.1, 0.15) is 27.7 Å². The summed E-state index contributed by atoms with van der Waals surface area (Å²) in [6.07, 6.45) is 0. The van der Waals surface area contributed by atoms with E-state index in [1.165, 1.54) is 4.90 Å². The van der Waals surface area contributed by atoms with Crippen LogP contribution in [0.3, 0.4) is 0 Å². The molecule has 0 unspecified atom stereocenters. The normalized spacial score (nSPS) is 21.5. The lowest BCUT2D eigenvalue weighted by atomic mass is 9.89. The molecule has 4 heteroatoms. The van der Waals surface area contributed by atoms with E-state index in [2.05, 4.69) is 0 Å². The first-order valence-electron chi connectivity index (χ1n) is 5.33. The van der Waals surface area contributed by atoms with Crippen molar-refractivity contribution in [2.75, 3.05) is 20.1 Å². The Kier molecular flexibility index (Phi) is 3.07. The predicted molar refractivity (Wildman–Crippen MR) is 58.4 cm³/mol. The molecule has 0 aromatic rings. The Morgan fingerprint density at radius 2 is 1.87 bits per heavy atom. The maximum absolute atomic E-state index is 12.0. The van der Waals surface area contributed by atoms with E-state index in [-0.39, 0.29) is 11.9 Å². The summed E-state index contributed by atoms with van der Waals surface area (Å²) in [5.74, 6) is 0.250. The molecule has 0 aromatic heterocycles. The standard InChI is InChI=1S/C11H20N2O2/c1-8(2)6-13-9(14)11(3,4)7-12(5)10(13)15/h8H,6-7H2,1-5H3. The van der Waals surface area contributed by atoms with Crippen molar-refractivity contribution >= 4 is 11.9 Å². The predicted octanol–water partition coefficient (Wildman–Crippen LogP) is 1.56. The van der Waals surface area contributed by atoms with Gasteiger partial charge in [0.1, 0.15) is 0 Å². The van der Waals surface area contributed by atoms with Gasteiger partial charge in [-0.05, 0) is 19.8 Å². The molecular formula is C11H20N2O2. The Morgan fingerprint density at radius 3 is 2.33 bits per heavy atom. The molecule has 86 valence electrons. The zero-order valence-electron chi connectivity index (χ0n) is 10.2. The van der Waals surface area contributed by atoms with Crippen LogP contribution in [0.15, 0.2) is 0 Å². The molecule has 0 atom stereocenters. The van der Waals surface area contributed by atoms with Gasteiger partial charge in [0, 0.05) is 20.1 Å². The second-order valence-corrected chi connectivity index (χ2v) is 5.33. The highest BCUT2D eigenvalue weighted by Gasteiger charge is 2.42. The minimum absolute atomic E-state index is 0.0562. The number of imide groups is 1. The fourth-order valence-corrected chi connectivity index (χ4v) is 1.91. The number of rotatable bonds is 2. The summed E-state index contributed by atoms with van der Waals surface area (Å²) in [7, 11) is 1.74. The van der Waals surface area contributed by atoms with Gasteiger partial charge >= 0.3 is 6.03 Å². The number of hydrogen-bond donors (Lipinski definition) is 0. The van der Waals surface area contributed by atoms with Crippen molar-refractivity contribution in [3.05, 3.63) is 0 Å². The molecule has 1 heterocycles. The number of carbonyl (C=O) groups is 2. The van der Waals surface area contributed by atoms with Crippen molar-refractivity contribution in [1.82, 2.24) is 9.80 Å². The first-order chi connectivity index (χ1) is 6.75. The van der Waals surface area contributed by atoms with Crippen LogP contribution in [0.4, 0.5) is 4.79 Å². The summed E-state index contributed by atoms with van der Waals surface area (Å²) < 4.78 is 0. The molecule has 1 aliphatic rings. The molecule has 0 N–H and O–H groups in total. The van der Waals surface area contributed by atoms with Crippen molar-refractivity contribution in [3.63, 3.8) is 0 Å². The SMILES string of the molecule is CC(C)CN1C(=O)N(C)CC(C)(C)C1=O. The van der Waals surface area contributed by atoms with Gasteiger partial charge in [0.25, 0.3) is 0 Å². The smallest absolute Gasteiger partial charge is 0.326 e. The summed E-state index contributed by atoms with van der Waals surface area (Å²) in [5.41, 5.74) is -0.461. The monoisotopic (exact) mass is 212 g/mol. The Morgan fingerprint density at radius 1 is 1.33 bits per heavy atom. The van der Waals surface area contributed by atoms with E-state index in [1.54, 1.807) is 11.9 Å². The van der Waals surface area contributed by atoms with E-state index < -0.39 is 5.41 Å². The maximum Gasteiger partial charge on any atom is 0.326 e. The van der Waals surface area contributed by atoms with Crippen molar-refractivity contribution < 1.29 is 9.59 Å². The molecule has 1 rings (SSSR count). The first kappa shape index (κ1) is 12.0. The Hall–Kier alpha value is -1.06. The summed E-state index contributed by atoms with van der Waals surface area (Å²) >= 11 is 0. The zero-order valence-corrected chi connectivity index (χ0v) is 10.2. The molecular weight excluding hydrogens is 192 g/mol. The van der Waals surface area contributed by atoms with Gasteiger partial charge in [0.05, 0.1) is 5.41 Å². The third-order valence-electron chi connectivity index (χ3n) is 2.56. The third-order valence-corrected chi connectivity index (χ3v) is 2.56. The Labute approximate surface area is 91.2 Å². The molecule has 4 nitrogen and oxygen atoms in total. The highest BCUT2D eigenvalue weighted by Crippen LogP contribution is 2.26. The molecule has 0 aromatic carbocycles. The largest absolute Gasteiger partial charge is 0.326 e. The lowest BCUT2D eigenvalue weighted by Crippen LogP contribution is -2.59. The minimum Gasteiger partial charge on any atom is -0.326 e. The highest BCUT2D eigenvalue weighted by molar-refractivity contribution is 5.99. The van der Waals surface area contributed by atoms with Gasteiger partial charge in [0.2, 0.25) is 5.91 Å². The second-order valence-electron chi connectivity index (χ2n) is 5.33. The van der Waals surface area contributed by atoms with Crippen LogP contribution >= 0.6 is 0 Å². The highest BCUT2D eigenvalue weighted by atomic mass is 16.2. The van der Waals surface area contributed by atoms with E-state index in [0.717, 1.165) is 0 Å². The minimum atomic E-state index is -0.461. The van der Waals surface area contributed by atoms with Crippen molar-refractivity contribution in [2.45, 2.75) is 27.7 Å². The molecule has 15 heavy (non-hydrogen) atoms. The van der Waals surface area contributed by atoms with Crippen LogP contribution in [-0.2, 0) is 4.79 Å². The van der Waals surface area contributed by atoms with Crippen molar-refractivity contribution in [3.8, 4) is 0 Å². The average Bonchev–Trinajstić information content (AvgIpc) is 2.08. The van der Waals surface area contributed by atoms with E-state index in [0.29, 0.717) is 19.0 Å². The topological polar surface area (TPSA) is 40.6 Å². The number of hydrogen-bond acceptors (Lipinski definition) is 2. The van der Waals surface area contributed by atoms with E-state index in [9.17, 15) is 9.59 Å². The fourth-order valence-electron chi connectivity index (χ4n) is 1.91. The molecule has 0 spiro atoms. The number of urea groups is 1. The summed E-state index contributed by atoms with van der Waals surface area (Å²) in [6, 6.07) is -0.173. The molecule has 1 fully saturated rings. The van der Waals surface area contributed by atoms with E-state index in [1.807, 2.05) is 27.7 Å². The van der Waals surface area contributed by atoms with Crippen molar-refractivity contribution in [2.24, 2.45) is 11.3 Å². The molecule has 0 aliphatic carbocycles. The van der Waals surface area contributed by atoms with Gasteiger partial charge in [0.15, 0.2) is 0 Å². The number of nitrogens with zero attached hydrogens (tertiary/aromatic N) is 2. The van der Waals surface area contributed by atoms with Crippen LogP contribution in [0, 0.1) is 11.3 Å². The summed E-state index contributed by atoms with van der Waals surface area (Å²) in [4.78, 5) is 26.8. The average molecular weight is 212 g/mol. The molecule has 3 amide bonds. The molecule has 0 radical (unpaired) electrons. The zero-order chi connectivity index (χ0) is 11.8. The lowest BCUT2D eigenvalue weighted by Gasteiger charge is -2.41. The quantitative estimate of drug-likeness (QED) is 0.697. The molecule has 0 bridgehead atoms. The second kappa shape index (κ2) is 3.83. The fraction of sp³-hybridized carbons (Fsp3) is 0.818. The van der Waals surface area contributed by atoms with Gasteiger partial charge in [-0.2, -0.15) is 0 Å². The van der Waals surface area contributed by atoms with Gasteiger partial charge in [-0.15, -0.1) is 0 Å². The number of carbonyl (C=O) groups excluding carboxylic acids is 2. The van der Waals surface area contributed by atoms with Crippen LogP contribution in [-0.4, -0.2) is 41.9 Å². The Bertz CT molecular complexity index is 284. The third kappa shape index (κ3) is 2.30. The molecule has 1 aliphatic heterocycles. The van der Waals surface area contributed by atoms with E-state index >= 15 is 0 Å². The van der Waals surface area contributed by atoms with Gasteiger partial charge in [-0.25, -0.2) is 4.79 Å². The number of amides is 3. The summed E-state index contributed by atoms with van der Waals surface area (Å²) in [5, 5.41) is 0. The maximum atomic E-state index is 12.0. The first-order valence-corrected chi connectivity index (χ1v) is 5.33. The van der Waals surface area contributed by atoms with Crippen molar-refractivity contribution in [1.29, 1.82) is 0 Å². The lowest BCUT2D eigenvalue weighted by molar-refractivity contribution is -0.141. The van der Waals surface area contributed by atoms with E-state index in [4.69, 9.17) is 0 Å². The van der Waals surface area contributed by atoms with Crippen LogP contribution < -0.4 is 0 Å². The van der Waals surface area contributed by atoms with Gasteiger partial charge in [-0.3, -0.25) is 9.69 Å². The summed E-state index contributed by atoms with van der Waals surface area (Å²) in [6.45, 7) is 8.77. The van der Waals surface area contributed by atoms with Crippen LogP contribution in [0.25, 0.3) is 0 Å². The Balaban J connectivity index is 2.91. The van der Waals surface area contributed by atoms with Crippen LogP contribution in [0.5, 0.6) is 0 Å². The van der Waals surface area contributed by atoms with Gasteiger partial charge < -0.3 is 4.90 Å². The van der Waals surface area contributed by atoms with Crippen LogP contribution in [0.2, 0.25) is 0 Å². The molecule has 1 saturated heterocycles. The molecule has 0 saturated carbocycles. The van der Waals surface area contributed by atoms with Gasteiger partial charge in [-0.1, -0.05) is 13.8 Å².